The first-order valence-electron chi connectivity index (χ1n) is 5.72. The molecule has 1 aromatic heterocycles. The fourth-order valence-corrected chi connectivity index (χ4v) is 2.24. The third kappa shape index (κ3) is 2.86. The summed E-state index contributed by atoms with van der Waals surface area (Å²) in [6.07, 6.45) is 0.587. The summed E-state index contributed by atoms with van der Waals surface area (Å²) in [6.45, 7) is 1.87. The first-order valence-corrected chi connectivity index (χ1v) is 6.48. The van der Waals surface area contributed by atoms with Gasteiger partial charge in [0.15, 0.2) is 5.75 Å². The second kappa shape index (κ2) is 6.11. The van der Waals surface area contributed by atoms with Crippen LogP contribution in [0.15, 0.2) is 16.8 Å². The molecule has 1 heterocycles. The summed E-state index contributed by atoms with van der Waals surface area (Å²) in [6, 6.07) is 2.92. The Hall–Kier alpha value is -1.79. The van der Waals surface area contributed by atoms with E-state index < -0.39 is 5.91 Å². The van der Waals surface area contributed by atoms with Gasteiger partial charge in [0.25, 0.3) is 5.91 Å². The van der Waals surface area contributed by atoms with Crippen molar-refractivity contribution < 1.29 is 14.2 Å². The first-order chi connectivity index (χ1) is 9.56. The SMILES string of the molecule is CCc1nonc1NC(=O)c1cc(Cl)c(OC)c(Cl)c1. The number of anilines is 1. The van der Waals surface area contributed by atoms with E-state index in [1.807, 2.05) is 6.92 Å². The van der Waals surface area contributed by atoms with Gasteiger partial charge in [-0.25, -0.2) is 4.63 Å². The van der Waals surface area contributed by atoms with Gasteiger partial charge >= 0.3 is 0 Å². The number of aromatic nitrogens is 2. The molecule has 1 N–H and O–H groups in total. The zero-order chi connectivity index (χ0) is 14.7. The van der Waals surface area contributed by atoms with Gasteiger partial charge in [0.1, 0.15) is 5.69 Å². The molecule has 1 amide bonds. The number of nitrogens with one attached hydrogen (secondary N) is 1. The Balaban J connectivity index is 2.26. The van der Waals surface area contributed by atoms with Crippen LogP contribution in [0.4, 0.5) is 5.82 Å². The molecule has 106 valence electrons. The lowest BCUT2D eigenvalue weighted by Gasteiger charge is -2.08. The molecular formula is C12H11Cl2N3O3. The van der Waals surface area contributed by atoms with Gasteiger partial charge < -0.3 is 10.1 Å². The van der Waals surface area contributed by atoms with Crippen molar-refractivity contribution in [1.29, 1.82) is 0 Å². The molecule has 0 aliphatic rings. The fourth-order valence-electron chi connectivity index (χ4n) is 1.60. The molecule has 6 nitrogen and oxygen atoms in total. The number of halogens is 2. The number of ether oxygens (including phenoxy) is 1. The van der Waals surface area contributed by atoms with E-state index >= 15 is 0 Å². The van der Waals surface area contributed by atoms with Crippen LogP contribution in [0.2, 0.25) is 10.0 Å². The quantitative estimate of drug-likeness (QED) is 0.937. The maximum Gasteiger partial charge on any atom is 0.257 e. The molecule has 0 aliphatic carbocycles. The maximum atomic E-state index is 12.1. The van der Waals surface area contributed by atoms with Gasteiger partial charge in [0, 0.05) is 5.56 Å². The van der Waals surface area contributed by atoms with Crippen LogP contribution in [-0.2, 0) is 6.42 Å². The number of carbonyl (C=O) groups excluding carboxylic acids is 1. The van der Waals surface area contributed by atoms with E-state index in [0.717, 1.165) is 0 Å². The van der Waals surface area contributed by atoms with Crippen molar-refractivity contribution in [2.75, 3.05) is 12.4 Å². The number of carbonyl (C=O) groups is 1. The lowest BCUT2D eigenvalue weighted by atomic mass is 10.2. The number of hydrogen-bond donors (Lipinski definition) is 1. The predicted octanol–water partition coefficient (Wildman–Crippen LogP) is 3.20. The monoisotopic (exact) mass is 315 g/mol. The summed E-state index contributed by atoms with van der Waals surface area (Å²) >= 11 is 12.0. The molecule has 0 fully saturated rings. The van der Waals surface area contributed by atoms with Crippen LogP contribution in [0.3, 0.4) is 0 Å². The summed E-state index contributed by atoms with van der Waals surface area (Å²) in [4.78, 5) is 12.1. The average Bonchev–Trinajstić information content (AvgIpc) is 2.85. The van der Waals surface area contributed by atoms with E-state index in [0.29, 0.717) is 17.9 Å². The number of amides is 1. The highest BCUT2D eigenvalue weighted by Crippen LogP contribution is 2.34. The van der Waals surface area contributed by atoms with Gasteiger partial charge in [-0.05, 0) is 23.7 Å². The third-order valence-corrected chi connectivity index (χ3v) is 3.15. The predicted molar refractivity (Wildman–Crippen MR) is 74.6 cm³/mol. The molecule has 20 heavy (non-hydrogen) atoms. The van der Waals surface area contributed by atoms with Crippen LogP contribution in [-0.4, -0.2) is 23.3 Å². The van der Waals surface area contributed by atoms with E-state index in [2.05, 4.69) is 20.3 Å². The summed E-state index contributed by atoms with van der Waals surface area (Å²) < 4.78 is 9.59. The Bertz CT molecular complexity index is 620. The molecule has 0 bridgehead atoms. The second-order valence-corrected chi connectivity index (χ2v) is 4.65. The minimum absolute atomic E-state index is 0.249. The minimum Gasteiger partial charge on any atom is -0.494 e. The largest absolute Gasteiger partial charge is 0.494 e. The second-order valence-electron chi connectivity index (χ2n) is 3.84. The number of methoxy groups -OCH3 is 1. The highest BCUT2D eigenvalue weighted by atomic mass is 35.5. The van der Waals surface area contributed by atoms with Crippen LogP contribution in [0.1, 0.15) is 23.0 Å². The smallest absolute Gasteiger partial charge is 0.257 e. The topological polar surface area (TPSA) is 77.3 Å². The van der Waals surface area contributed by atoms with Gasteiger partial charge in [-0.15, -0.1) is 0 Å². The summed E-state index contributed by atoms with van der Waals surface area (Å²) in [5.41, 5.74) is 0.843. The van der Waals surface area contributed by atoms with Crippen molar-refractivity contribution in [3.63, 3.8) is 0 Å². The molecule has 0 spiro atoms. The van der Waals surface area contributed by atoms with E-state index in [9.17, 15) is 4.79 Å². The Morgan fingerprint density at radius 2 is 2.00 bits per heavy atom. The highest BCUT2D eigenvalue weighted by molar-refractivity contribution is 6.37. The van der Waals surface area contributed by atoms with Gasteiger partial charge in [-0.2, -0.15) is 0 Å². The van der Waals surface area contributed by atoms with E-state index in [1.165, 1.54) is 19.2 Å². The number of rotatable bonds is 4. The standard InChI is InChI=1S/C12H11Cl2N3O3/c1-3-9-11(17-20-16-9)15-12(18)6-4-7(13)10(19-2)8(14)5-6/h4-5H,3H2,1-2H3,(H,15,17,18). The van der Waals surface area contributed by atoms with E-state index in [4.69, 9.17) is 27.9 Å². The van der Waals surface area contributed by atoms with Crippen LogP contribution in [0, 0.1) is 0 Å². The third-order valence-electron chi connectivity index (χ3n) is 2.59. The van der Waals surface area contributed by atoms with Gasteiger partial charge in [-0.3, -0.25) is 4.79 Å². The molecule has 0 saturated carbocycles. The molecular weight excluding hydrogens is 305 g/mol. The molecule has 0 unspecified atom stereocenters. The Morgan fingerprint density at radius 3 is 2.55 bits per heavy atom. The van der Waals surface area contributed by atoms with Crippen molar-refractivity contribution in [3.8, 4) is 5.75 Å². The Kier molecular flexibility index (Phi) is 4.46. The molecule has 0 saturated heterocycles. The van der Waals surface area contributed by atoms with Crippen molar-refractivity contribution in [2.24, 2.45) is 0 Å². The van der Waals surface area contributed by atoms with Crippen molar-refractivity contribution >= 4 is 34.9 Å². The lowest BCUT2D eigenvalue weighted by Crippen LogP contribution is -2.13. The molecule has 0 atom stereocenters. The molecule has 8 heteroatoms. The zero-order valence-corrected chi connectivity index (χ0v) is 12.2. The van der Waals surface area contributed by atoms with Crippen molar-refractivity contribution in [3.05, 3.63) is 33.4 Å². The number of nitrogens with zero attached hydrogens (tertiary/aromatic N) is 2. The molecule has 0 radical (unpaired) electrons. The summed E-state index contributed by atoms with van der Waals surface area (Å²) in [5.74, 6) is 0.185. The van der Waals surface area contributed by atoms with E-state index in [-0.39, 0.29) is 21.4 Å². The van der Waals surface area contributed by atoms with Gasteiger partial charge in [-0.1, -0.05) is 35.3 Å². The molecule has 2 rings (SSSR count). The number of hydrogen-bond acceptors (Lipinski definition) is 5. The highest BCUT2D eigenvalue weighted by Gasteiger charge is 2.16. The summed E-state index contributed by atoms with van der Waals surface area (Å²) in [5, 5.41) is 10.4. The number of benzene rings is 1. The maximum absolute atomic E-state index is 12.1. The normalized spacial score (nSPS) is 10.4. The van der Waals surface area contributed by atoms with Gasteiger partial charge in [0.2, 0.25) is 5.82 Å². The lowest BCUT2D eigenvalue weighted by molar-refractivity contribution is 0.102. The van der Waals surface area contributed by atoms with Crippen LogP contribution >= 0.6 is 23.2 Å². The fraction of sp³-hybridized carbons (Fsp3) is 0.250. The Morgan fingerprint density at radius 1 is 1.35 bits per heavy atom. The van der Waals surface area contributed by atoms with Crippen LogP contribution in [0.25, 0.3) is 0 Å². The van der Waals surface area contributed by atoms with Gasteiger partial charge in [0.05, 0.1) is 17.2 Å². The van der Waals surface area contributed by atoms with Crippen LogP contribution < -0.4 is 10.1 Å². The van der Waals surface area contributed by atoms with Crippen molar-refractivity contribution in [1.82, 2.24) is 10.3 Å². The molecule has 2 aromatic rings. The van der Waals surface area contributed by atoms with E-state index in [1.54, 1.807) is 0 Å². The number of aryl methyl sites for hydroxylation is 1. The summed E-state index contributed by atoms with van der Waals surface area (Å²) in [7, 11) is 1.45. The Labute approximate surface area is 125 Å². The van der Waals surface area contributed by atoms with Crippen LogP contribution in [0.5, 0.6) is 5.75 Å². The molecule has 0 aliphatic heterocycles. The first kappa shape index (κ1) is 14.6. The van der Waals surface area contributed by atoms with Crippen molar-refractivity contribution in [2.45, 2.75) is 13.3 Å². The average molecular weight is 316 g/mol. The zero-order valence-electron chi connectivity index (χ0n) is 10.7. The minimum atomic E-state index is -0.415. The molecule has 1 aromatic carbocycles.